The topological polar surface area (TPSA) is 79.7 Å². The largest absolute Gasteiger partial charge is 0.401 e. The number of nitrogens with zero attached hydrogens (tertiary/aromatic N) is 4. The second-order valence-corrected chi connectivity index (χ2v) is 4.63. The van der Waals surface area contributed by atoms with Gasteiger partial charge in [-0.05, 0) is 18.2 Å². The predicted octanol–water partition coefficient (Wildman–Crippen LogP) is 1.52. The van der Waals surface area contributed by atoms with E-state index in [0.29, 0.717) is 21.9 Å². The van der Waals surface area contributed by atoms with Gasteiger partial charge in [0.15, 0.2) is 0 Å². The smallest absolute Gasteiger partial charge is 0.320 e. The van der Waals surface area contributed by atoms with E-state index < -0.39 is 0 Å². The Morgan fingerprint density at radius 1 is 1.35 bits per heavy atom. The summed E-state index contributed by atoms with van der Waals surface area (Å²) in [5.74, 6) is 0.451. The number of aromatic nitrogens is 2. The van der Waals surface area contributed by atoms with Gasteiger partial charge in [0.25, 0.3) is 5.88 Å². The fourth-order valence-corrected chi connectivity index (χ4v) is 1.94. The molecule has 0 unspecified atom stereocenters. The van der Waals surface area contributed by atoms with Crippen LogP contribution in [0.4, 0.5) is 5.82 Å². The van der Waals surface area contributed by atoms with Crippen LogP contribution in [0.1, 0.15) is 6.92 Å². The van der Waals surface area contributed by atoms with Gasteiger partial charge in [-0.2, -0.15) is 0 Å². The third-order valence-electron chi connectivity index (χ3n) is 2.60. The first kappa shape index (κ1) is 12.6. The molecule has 1 amide bonds. The number of ether oxygens (including phenoxy) is 1. The second-order valence-electron chi connectivity index (χ2n) is 4.20. The Bertz CT molecular complexity index is 746. The van der Waals surface area contributed by atoms with Crippen molar-refractivity contribution in [3.63, 3.8) is 0 Å². The summed E-state index contributed by atoms with van der Waals surface area (Å²) in [6.45, 7) is 1.37. The van der Waals surface area contributed by atoms with Crippen molar-refractivity contribution in [1.29, 1.82) is 0 Å². The van der Waals surface area contributed by atoms with Crippen molar-refractivity contribution in [3.05, 3.63) is 23.2 Å². The minimum atomic E-state index is -0.280. The Labute approximate surface area is 119 Å². The summed E-state index contributed by atoms with van der Waals surface area (Å²) in [5, 5.41) is 8.57. The molecule has 1 aromatic heterocycles. The highest BCUT2D eigenvalue weighted by molar-refractivity contribution is 6.31. The van der Waals surface area contributed by atoms with Crippen LogP contribution < -0.4 is 15.1 Å². The van der Waals surface area contributed by atoms with E-state index in [1.165, 1.54) is 11.9 Å². The molecule has 102 valence electrons. The SMILES string of the molecule is CC(=O)NC1=NN(C)c2nc3ccc(Cl)cc3nc2O1. The molecule has 0 saturated heterocycles. The number of hydrogen-bond acceptors (Lipinski definition) is 6. The maximum absolute atomic E-state index is 11.0. The molecular weight excluding hydrogens is 282 g/mol. The van der Waals surface area contributed by atoms with Crippen LogP contribution in [-0.4, -0.2) is 28.9 Å². The maximum Gasteiger partial charge on any atom is 0.320 e. The van der Waals surface area contributed by atoms with Crippen LogP contribution >= 0.6 is 11.6 Å². The van der Waals surface area contributed by atoms with E-state index in [9.17, 15) is 4.79 Å². The Morgan fingerprint density at radius 3 is 2.90 bits per heavy atom. The number of halogens is 1. The van der Waals surface area contributed by atoms with Gasteiger partial charge in [-0.15, -0.1) is 5.10 Å². The normalized spacial score (nSPS) is 13.6. The van der Waals surface area contributed by atoms with Crippen molar-refractivity contribution in [2.24, 2.45) is 5.10 Å². The van der Waals surface area contributed by atoms with Crippen molar-refractivity contribution in [2.75, 3.05) is 12.1 Å². The lowest BCUT2D eigenvalue weighted by molar-refractivity contribution is -0.117. The first-order valence-electron chi connectivity index (χ1n) is 5.78. The summed E-state index contributed by atoms with van der Waals surface area (Å²) in [6.07, 6.45) is 0. The van der Waals surface area contributed by atoms with Crippen molar-refractivity contribution in [3.8, 4) is 5.88 Å². The Hall–Kier alpha value is -2.41. The summed E-state index contributed by atoms with van der Waals surface area (Å²) < 4.78 is 5.42. The molecule has 2 aromatic rings. The summed E-state index contributed by atoms with van der Waals surface area (Å²) in [5.41, 5.74) is 1.29. The molecule has 0 saturated carbocycles. The zero-order valence-corrected chi connectivity index (χ0v) is 11.5. The van der Waals surface area contributed by atoms with Crippen LogP contribution in [0.2, 0.25) is 5.02 Å². The van der Waals surface area contributed by atoms with Crippen molar-refractivity contribution >= 4 is 40.4 Å². The molecule has 1 N–H and O–H groups in total. The molecule has 3 rings (SSSR count). The van der Waals surface area contributed by atoms with Crippen molar-refractivity contribution in [1.82, 2.24) is 15.3 Å². The molecule has 7 nitrogen and oxygen atoms in total. The zero-order chi connectivity index (χ0) is 14.3. The summed E-state index contributed by atoms with van der Waals surface area (Å²) in [4.78, 5) is 19.8. The Morgan fingerprint density at radius 2 is 2.15 bits per heavy atom. The van der Waals surface area contributed by atoms with Gasteiger partial charge in [-0.25, -0.2) is 15.0 Å². The van der Waals surface area contributed by atoms with E-state index in [-0.39, 0.29) is 17.8 Å². The average molecular weight is 292 g/mol. The molecule has 0 radical (unpaired) electrons. The number of benzene rings is 1. The van der Waals surface area contributed by atoms with Gasteiger partial charge in [-0.1, -0.05) is 11.6 Å². The third kappa shape index (κ3) is 2.23. The summed E-state index contributed by atoms with van der Waals surface area (Å²) >= 11 is 5.93. The lowest BCUT2D eigenvalue weighted by atomic mass is 10.3. The first-order valence-corrected chi connectivity index (χ1v) is 6.16. The average Bonchev–Trinajstić information content (AvgIpc) is 2.36. The van der Waals surface area contributed by atoms with E-state index in [1.54, 1.807) is 25.2 Å². The van der Waals surface area contributed by atoms with Gasteiger partial charge in [0.1, 0.15) is 0 Å². The molecule has 0 bridgehead atoms. The van der Waals surface area contributed by atoms with Crippen molar-refractivity contribution in [2.45, 2.75) is 6.92 Å². The van der Waals surface area contributed by atoms with Crippen LogP contribution in [0, 0.1) is 0 Å². The molecule has 0 fully saturated rings. The number of carbonyl (C=O) groups is 1. The second kappa shape index (κ2) is 4.61. The third-order valence-corrected chi connectivity index (χ3v) is 2.84. The van der Waals surface area contributed by atoms with Crippen LogP contribution in [0.5, 0.6) is 5.88 Å². The fraction of sp³-hybridized carbons (Fsp3) is 0.167. The lowest BCUT2D eigenvalue weighted by Crippen LogP contribution is -2.38. The molecule has 1 aliphatic heterocycles. The van der Waals surface area contributed by atoms with Crippen molar-refractivity contribution < 1.29 is 9.53 Å². The molecule has 0 aliphatic carbocycles. The van der Waals surface area contributed by atoms with E-state index in [0.717, 1.165) is 0 Å². The van der Waals surface area contributed by atoms with E-state index in [2.05, 4.69) is 20.4 Å². The number of hydrazone groups is 1. The Kier molecular flexibility index (Phi) is 2.90. The number of anilines is 1. The van der Waals surface area contributed by atoms with Gasteiger partial charge in [0, 0.05) is 19.0 Å². The number of nitrogens with one attached hydrogen (secondary N) is 1. The summed E-state index contributed by atoms with van der Waals surface area (Å²) in [6, 6.07) is 5.26. The van der Waals surface area contributed by atoms with Gasteiger partial charge >= 0.3 is 6.02 Å². The highest BCUT2D eigenvalue weighted by atomic mass is 35.5. The number of amides is 1. The lowest BCUT2D eigenvalue weighted by Gasteiger charge is -2.22. The number of hydrogen-bond donors (Lipinski definition) is 1. The highest BCUT2D eigenvalue weighted by Crippen LogP contribution is 2.29. The fourth-order valence-electron chi connectivity index (χ4n) is 1.78. The standard InChI is InChI=1S/C12H10ClN5O2/c1-6(19)14-12-17-18(2)10-11(20-12)16-9-5-7(13)3-4-8(9)15-10/h3-5H,1-2H3,(H,14,17,19). The molecule has 8 heteroatoms. The quantitative estimate of drug-likeness (QED) is 0.796. The van der Waals surface area contributed by atoms with Gasteiger partial charge in [0.05, 0.1) is 11.0 Å². The van der Waals surface area contributed by atoms with Crippen LogP contribution in [0.15, 0.2) is 23.3 Å². The van der Waals surface area contributed by atoms with Crippen LogP contribution in [-0.2, 0) is 4.79 Å². The molecular formula is C12H10ClN5O2. The predicted molar refractivity (Wildman–Crippen MR) is 74.8 cm³/mol. The van der Waals surface area contributed by atoms with Gasteiger partial charge in [-0.3, -0.25) is 10.1 Å². The number of carbonyl (C=O) groups excluding carboxylic acids is 1. The number of fused-ring (bicyclic) bond motifs is 2. The molecule has 0 atom stereocenters. The minimum Gasteiger partial charge on any atom is -0.401 e. The molecule has 1 aliphatic rings. The van der Waals surface area contributed by atoms with Gasteiger partial charge in [0.2, 0.25) is 11.7 Å². The minimum absolute atomic E-state index is 0.0585. The van der Waals surface area contributed by atoms with E-state index in [4.69, 9.17) is 16.3 Å². The Balaban J connectivity index is 2.07. The van der Waals surface area contributed by atoms with E-state index in [1.807, 2.05) is 0 Å². The van der Waals surface area contributed by atoms with Crippen LogP contribution in [0.3, 0.4) is 0 Å². The highest BCUT2D eigenvalue weighted by Gasteiger charge is 2.22. The zero-order valence-electron chi connectivity index (χ0n) is 10.7. The summed E-state index contributed by atoms with van der Waals surface area (Å²) in [7, 11) is 1.69. The van der Waals surface area contributed by atoms with Gasteiger partial charge < -0.3 is 4.74 Å². The molecule has 20 heavy (non-hydrogen) atoms. The first-order chi connectivity index (χ1) is 9.52. The molecule has 2 heterocycles. The van der Waals surface area contributed by atoms with E-state index >= 15 is 0 Å². The maximum atomic E-state index is 11.0. The monoisotopic (exact) mass is 291 g/mol. The molecule has 1 aromatic carbocycles. The van der Waals surface area contributed by atoms with Crippen LogP contribution in [0.25, 0.3) is 11.0 Å². The molecule has 0 spiro atoms. The number of rotatable bonds is 0. The number of amidine groups is 1.